The number of rotatable bonds is 5. The lowest BCUT2D eigenvalue weighted by Gasteiger charge is -2.19. The van der Waals surface area contributed by atoms with Crippen molar-refractivity contribution in [3.05, 3.63) is 69.4 Å². The zero-order valence-electron chi connectivity index (χ0n) is 12.0. The quantitative estimate of drug-likeness (QED) is 0.642. The molecule has 1 unspecified atom stereocenters. The van der Waals surface area contributed by atoms with Gasteiger partial charge in [-0.15, -0.1) is 11.3 Å². The molecular formula is C18H18ClNS. The summed E-state index contributed by atoms with van der Waals surface area (Å²) in [5, 5.41) is 6.24. The van der Waals surface area contributed by atoms with E-state index in [1.54, 1.807) is 11.3 Å². The summed E-state index contributed by atoms with van der Waals surface area (Å²) in [7, 11) is 0. The van der Waals surface area contributed by atoms with Gasteiger partial charge in [0.15, 0.2) is 0 Å². The van der Waals surface area contributed by atoms with Crippen LogP contribution in [0.3, 0.4) is 0 Å². The average molecular weight is 316 g/mol. The van der Waals surface area contributed by atoms with Gasteiger partial charge in [0.1, 0.15) is 0 Å². The zero-order chi connectivity index (χ0) is 14.7. The molecule has 108 valence electrons. The summed E-state index contributed by atoms with van der Waals surface area (Å²) in [6.45, 7) is 3.18. The zero-order valence-corrected chi connectivity index (χ0v) is 13.5. The SMILES string of the molecule is CCCNC(c1ccc(Cl)s1)c1cccc2ccccc12. The second kappa shape index (κ2) is 6.61. The summed E-state index contributed by atoms with van der Waals surface area (Å²) < 4.78 is 0.841. The van der Waals surface area contributed by atoms with Crippen LogP contribution in [0, 0.1) is 0 Å². The molecule has 1 heterocycles. The fraction of sp³-hybridized carbons (Fsp3) is 0.222. The highest BCUT2D eigenvalue weighted by Crippen LogP contribution is 2.34. The molecule has 1 nitrogen and oxygen atoms in total. The first-order valence-corrected chi connectivity index (χ1v) is 8.45. The molecule has 3 heteroatoms. The van der Waals surface area contributed by atoms with Gasteiger partial charge >= 0.3 is 0 Å². The molecule has 0 amide bonds. The average Bonchev–Trinajstić information content (AvgIpc) is 2.94. The summed E-state index contributed by atoms with van der Waals surface area (Å²) in [6, 6.07) is 19.4. The van der Waals surface area contributed by atoms with E-state index in [2.05, 4.69) is 60.8 Å². The maximum absolute atomic E-state index is 6.13. The van der Waals surface area contributed by atoms with Crippen LogP contribution in [0.1, 0.15) is 29.8 Å². The monoisotopic (exact) mass is 315 g/mol. The maximum Gasteiger partial charge on any atom is 0.0931 e. The van der Waals surface area contributed by atoms with Crippen molar-refractivity contribution in [3.8, 4) is 0 Å². The molecule has 0 aliphatic rings. The van der Waals surface area contributed by atoms with Crippen LogP contribution in [0.15, 0.2) is 54.6 Å². The molecular weight excluding hydrogens is 298 g/mol. The van der Waals surface area contributed by atoms with Gasteiger partial charge in [0.05, 0.1) is 10.4 Å². The third-order valence-corrected chi connectivity index (χ3v) is 4.91. The number of hydrogen-bond donors (Lipinski definition) is 1. The molecule has 2 aromatic carbocycles. The molecule has 0 saturated carbocycles. The minimum absolute atomic E-state index is 0.202. The highest BCUT2D eigenvalue weighted by Gasteiger charge is 2.17. The van der Waals surface area contributed by atoms with Crippen LogP contribution in [-0.4, -0.2) is 6.54 Å². The van der Waals surface area contributed by atoms with Crippen molar-refractivity contribution < 1.29 is 0 Å². The van der Waals surface area contributed by atoms with Gasteiger partial charge in [-0.2, -0.15) is 0 Å². The third-order valence-electron chi connectivity index (χ3n) is 3.61. The summed E-state index contributed by atoms with van der Waals surface area (Å²) in [5.74, 6) is 0. The smallest absolute Gasteiger partial charge is 0.0931 e. The van der Waals surface area contributed by atoms with Gasteiger partial charge in [-0.05, 0) is 41.4 Å². The van der Waals surface area contributed by atoms with Crippen LogP contribution in [0.2, 0.25) is 4.34 Å². The highest BCUT2D eigenvalue weighted by molar-refractivity contribution is 7.16. The van der Waals surface area contributed by atoms with Crippen LogP contribution in [0.25, 0.3) is 10.8 Å². The van der Waals surface area contributed by atoms with Crippen LogP contribution in [0.4, 0.5) is 0 Å². The third kappa shape index (κ3) is 3.13. The van der Waals surface area contributed by atoms with E-state index in [-0.39, 0.29) is 6.04 Å². The summed E-state index contributed by atoms with van der Waals surface area (Å²) in [6.07, 6.45) is 1.11. The Balaban J connectivity index is 2.09. The molecule has 3 rings (SSSR count). The van der Waals surface area contributed by atoms with Gasteiger partial charge in [-0.1, -0.05) is 61.0 Å². The molecule has 0 aliphatic heterocycles. The molecule has 1 aromatic heterocycles. The Hall–Kier alpha value is -1.35. The van der Waals surface area contributed by atoms with E-state index in [4.69, 9.17) is 11.6 Å². The normalized spacial score (nSPS) is 12.7. The highest BCUT2D eigenvalue weighted by atomic mass is 35.5. The standard InChI is InChI=1S/C18H18ClNS/c1-2-12-20-18(16-10-11-17(19)21-16)15-9-5-7-13-6-3-4-8-14(13)15/h3-11,18,20H,2,12H2,1H3. The van der Waals surface area contributed by atoms with Crippen molar-refractivity contribution in [1.29, 1.82) is 0 Å². The first kappa shape index (κ1) is 14.6. The summed E-state index contributed by atoms with van der Waals surface area (Å²) in [4.78, 5) is 1.27. The first-order valence-electron chi connectivity index (χ1n) is 7.26. The van der Waals surface area contributed by atoms with Crippen molar-refractivity contribution in [2.45, 2.75) is 19.4 Å². The summed E-state index contributed by atoms with van der Waals surface area (Å²) >= 11 is 7.79. The Morgan fingerprint density at radius 1 is 1.05 bits per heavy atom. The van der Waals surface area contributed by atoms with Crippen molar-refractivity contribution in [2.75, 3.05) is 6.54 Å². The number of thiophene rings is 1. The van der Waals surface area contributed by atoms with Gasteiger partial charge in [0, 0.05) is 4.88 Å². The molecule has 1 atom stereocenters. The second-order valence-electron chi connectivity index (χ2n) is 5.10. The van der Waals surface area contributed by atoms with E-state index in [1.165, 1.54) is 21.2 Å². The van der Waals surface area contributed by atoms with Gasteiger partial charge in [-0.3, -0.25) is 0 Å². The molecule has 1 N–H and O–H groups in total. The lowest BCUT2D eigenvalue weighted by molar-refractivity contribution is 0.609. The fourth-order valence-corrected chi connectivity index (χ4v) is 3.79. The molecule has 3 aromatic rings. The Morgan fingerprint density at radius 2 is 1.86 bits per heavy atom. The predicted octanol–water partition coefficient (Wildman–Crippen LogP) is 5.64. The van der Waals surface area contributed by atoms with Crippen LogP contribution in [0.5, 0.6) is 0 Å². The predicted molar refractivity (Wildman–Crippen MR) is 93.4 cm³/mol. The van der Waals surface area contributed by atoms with Crippen LogP contribution >= 0.6 is 22.9 Å². The van der Waals surface area contributed by atoms with Gasteiger partial charge in [0.25, 0.3) is 0 Å². The molecule has 0 spiro atoms. The van der Waals surface area contributed by atoms with Gasteiger partial charge in [0.2, 0.25) is 0 Å². The lowest BCUT2D eigenvalue weighted by Crippen LogP contribution is -2.22. The van der Waals surface area contributed by atoms with E-state index in [0.29, 0.717) is 0 Å². The van der Waals surface area contributed by atoms with E-state index >= 15 is 0 Å². The largest absolute Gasteiger partial charge is 0.306 e. The van der Waals surface area contributed by atoms with E-state index in [0.717, 1.165) is 17.3 Å². The van der Waals surface area contributed by atoms with Gasteiger partial charge < -0.3 is 5.32 Å². The second-order valence-corrected chi connectivity index (χ2v) is 6.84. The van der Waals surface area contributed by atoms with Gasteiger partial charge in [-0.25, -0.2) is 0 Å². The number of fused-ring (bicyclic) bond motifs is 1. The molecule has 0 fully saturated rings. The van der Waals surface area contributed by atoms with Crippen molar-refractivity contribution in [2.24, 2.45) is 0 Å². The van der Waals surface area contributed by atoms with E-state index in [9.17, 15) is 0 Å². The topological polar surface area (TPSA) is 12.0 Å². The number of benzene rings is 2. The fourth-order valence-electron chi connectivity index (χ4n) is 2.64. The van der Waals surface area contributed by atoms with E-state index < -0.39 is 0 Å². The molecule has 0 aliphatic carbocycles. The molecule has 0 saturated heterocycles. The lowest BCUT2D eigenvalue weighted by atomic mass is 9.97. The van der Waals surface area contributed by atoms with E-state index in [1.807, 2.05) is 6.07 Å². The minimum Gasteiger partial charge on any atom is -0.306 e. The minimum atomic E-state index is 0.202. The molecule has 0 radical (unpaired) electrons. The Bertz CT molecular complexity index is 729. The number of nitrogens with one attached hydrogen (secondary N) is 1. The Kier molecular flexibility index (Phi) is 4.59. The van der Waals surface area contributed by atoms with Crippen molar-refractivity contribution >= 4 is 33.7 Å². The number of hydrogen-bond acceptors (Lipinski definition) is 2. The van der Waals surface area contributed by atoms with Crippen molar-refractivity contribution in [1.82, 2.24) is 5.32 Å². The number of halogens is 1. The molecule has 21 heavy (non-hydrogen) atoms. The Morgan fingerprint density at radius 3 is 2.62 bits per heavy atom. The van der Waals surface area contributed by atoms with Crippen molar-refractivity contribution in [3.63, 3.8) is 0 Å². The van der Waals surface area contributed by atoms with Crippen LogP contribution < -0.4 is 5.32 Å². The molecule has 0 bridgehead atoms. The summed E-state index contributed by atoms with van der Waals surface area (Å²) in [5.41, 5.74) is 1.32. The van der Waals surface area contributed by atoms with Crippen LogP contribution in [-0.2, 0) is 0 Å². The first-order chi connectivity index (χ1) is 10.3. The maximum atomic E-state index is 6.13. The Labute approximate surface area is 134 Å².